The number of rotatable bonds is 1. The second-order valence-electron chi connectivity index (χ2n) is 1.73. The molecule has 1 rings (SSSR count). The Kier molecular flexibility index (Phi) is 2.45. The molecule has 0 bridgehead atoms. The average molecular weight is 236 g/mol. The summed E-state index contributed by atoms with van der Waals surface area (Å²) >= 11 is 2.14. The minimum atomic E-state index is -0.105. The Labute approximate surface area is 67.2 Å². The van der Waals surface area contributed by atoms with Crippen LogP contribution in [0.25, 0.3) is 0 Å². The van der Waals surface area contributed by atoms with Crippen LogP contribution in [0.15, 0.2) is 24.3 Å². The van der Waals surface area contributed by atoms with Crippen LogP contribution in [0.5, 0.6) is 0 Å². The van der Waals surface area contributed by atoms with Crippen molar-refractivity contribution in [3.63, 3.8) is 0 Å². The standard InChI is InChI=1S/C7H6FI/c8-7-4-2-1-3-6(7)5-9/h1-4H,5H2. The van der Waals surface area contributed by atoms with Crippen LogP contribution in [0, 0.1) is 5.82 Å². The average Bonchev–Trinajstić information content (AvgIpc) is 1.89. The van der Waals surface area contributed by atoms with Crippen LogP contribution < -0.4 is 0 Å². The summed E-state index contributed by atoms with van der Waals surface area (Å²) in [6, 6.07) is 6.82. The second kappa shape index (κ2) is 3.15. The Morgan fingerprint density at radius 3 is 2.44 bits per heavy atom. The van der Waals surface area contributed by atoms with E-state index in [0.29, 0.717) is 0 Å². The van der Waals surface area contributed by atoms with Crippen LogP contribution in [0.3, 0.4) is 0 Å². The lowest BCUT2D eigenvalue weighted by molar-refractivity contribution is 0.618. The molecule has 0 N–H and O–H groups in total. The van der Waals surface area contributed by atoms with Crippen molar-refractivity contribution in [3.8, 4) is 0 Å². The van der Waals surface area contributed by atoms with Crippen molar-refractivity contribution in [1.29, 1.82) is 0 Å². The molecule has 0 aliphatic heterocycles. The molecule has 0 unspecified atom stereocenters. The topological polar surface area (TPSA) is 0 Å². The Bertz CT molecular complexity index is 198. The first kappa shape index (κ1) is 6.99. The molecule has 9 heavy (non-hydrogen) atoms. The van der Waals surface area contributed by atoms with Gasteiger partial charge in [0.2, 0.25) is 0 Å². The van der Waals surface area contributed by atoms with Gasteiger partial charge in [-0.1, -0.05) is 40.8 Å². The molecule has 0 radical (unpaired) electrons. The minimum Gasteiger partial charge on any atom is -0.207 e. The molecule has 0 atom stereocenters. The number of benzene rings is 1. The van der Waals surface area contributed by atoms with E-state index in [1.54, 1.807) is 12.1 Å². The van der Waals surface area contributed by atoms with Crippen LogP contribution >= 0.6 is 22.6 Å². The Morgan fingerprint density at radius 2 is 2.00 bits per heavy atom. The van der Waals surface area contributed by atoms with E-state index < -0.39 is 0 Å². The molecule has 0 aromatic heterocycles. The van der Waals surface area contributed by atoms with E-state index in [2.05, 4.69) is 22.6 Å². The van der Waals surface area contributed by atoms with Crippen molar-refractivity contribution in [3.05, 3.63) is 35.6 Å². The van der Waals surface area contributed by atoms with Gasteiger partial charge in [0.1, 0.15) is 5.82 Å². The molecule has 0 saturated heterocycles. The molecule has 0 spiro atoms. The summed E-state index contributed by atoms with van der Waals surface area (Å²) in [5.74, 6) is -0.105. The highest BCUT2D eigenvalue weighted by Gasteiger charge is 1.94. The first-order valence-corrected chi connectivity index (χ1v) is 4.16. The van der Waals surface area contributed by atoms with Gasteiger partial charge in [0.05, 0.1) is 0 Å². The van der Waals surface area contributed by atoms with Gasteiger partial charge in [-0.25, -0.2) is 4.39 Å². The van der Waals surface area contributed by atoms with Crippen molar-refractivity contribution in [1.82, 2.24) is 0 Å². The number of alkyl halides is 1. The molecule has 0 fully saturated rings. The van der Waals surface area contributed by atoms with Crippen molar-refractivity contribution in [2.45, 2.75) is 4.43 Å². The third kappa shape index (κ3) is 1.64. The normalized spacial score (nSPS) is 9.56. The third-order valence-electron chi connectivity index (χ3n) is 1.10. The summed E-state index contributed by atoms with van der Waals surface area (Å²) in [6.07, 6.45) is 0. The van der Waals surface area contributed by atoms with Crippen LogP contribution in [0.4, 0.5) is 4.39 Å². The number of hydrogen-bond acceptors (Lipinski definition) is 0. The SMILES string of the molecule is Fc1ccccc1CI. The third-order valence-corrected chi connectivity index (χ3v) is 1.92. The lowest BCUT2D eigenvalue weighted by atomic mass is 10.2. The maximum atomic E-state index is 12.6. The fourth-order valence-corrected chi connectivity index (χ4v) is 1.23. The molecule has 0 aliphatic rings. The Morgan fingerprint density at radius 1 is 1.33 bits per heavy atom. The zero-order valence-corrected chi connectivity index (χ0v) is 6.93. The van der Waals surface area contributed by atoms with Gasteiger partial charge >= 0.3 is 0 Å². The van der Waals surface area contributed by atoms with Crippen molar-refractivity contribution in [2.75, 3.05) is 0 Å². The van der Waals surface area contributed by atoms with Crippen molar-refractivity contribution < 1.29 is 4.39 Å². The molecular formula is C7H6FI. The molecule has 0 amide bonds. The minimum absolute atomic E-state index is 0.105. The van der Waals surface area contributed by atoms with E-state index in [1.165, 1.54) is 6.07 Å². The Balaban J connectivity index is 3.01. The fourth-order valence-electron chi connectivity index (χ4n) is 0.607. The highest BCUT2D eigenvalue weighted by molar-refractivity contribution is 14.1. The number of halogens is 2. The maximum absolute atomic E-state index is 12.6. The van der Waals surface area contributed by atoms with E-state index >= 15 is 0 Å². The van der Waals surface area contributed by atoms with E-state index in [0.717, 1.165) is 9.99 Å². The zero-order valence-electron chi connectivity index (χ0n) is 4.77. The summed E-state index contributed by atoms with van der Waals surface area (Å²) in [4.78, 5) is 0. The van der Waals surface area contributed by atoms with Gasteiger partial charge in [0, 0.05) is 4.43 Å². The molecule has 2 heteroatoms. The molecule has 0 nitrogen and oxygen atoms in total. The molecule has 48 valence electrons. The second-order valence-corrected chi connectivity index (χ2v) is 2.49. The predicted octanol–water partition coefficient (Wildman–Crippen LogP) is 2.76. The van der Waals surface area contributed by atoms with Crippen LogP contribution in [-0.4, -0.2) is 0 Å². The summed E-state index contributed by atoms with van der Waals surface area (Å²) in [5.41, 5.74) is 0.776. The van der Waals surface area contributed by atoms with Gasteiger partial charge in [-0.05, 0) is 11.6 Å². The van der Waals surface area contributed by atoms with Gasteiger partial charge in [0.25, 0.3) is 0 Å². The summed E-state index contributed by atoms with van der Waals surface area (Å²) in [5, 5.41) is 0. The van der Waals surface area contributed by atoms with Crippen LogP contribution in [0.1, 0.15) is 5.56 Å². The van der Waals surface area contributed by atoms with Gasteiger partial charge in [-0.3, -0.25) is 0 Å². The van der Waals surface area contributed by atoms with Gasteiger partial charge < -0.3 is 0 Å². The predicted molar refractivity (Wildman–Crippen MR) is 44.1 cm³/mol. The van der Waals surface area contributed by atoms with E-state index in [4.69, 9.17) is 0 Å². The van der Waals surface area contributed by atoms with Crippen molar-refractivity contribution >= 4 is 22.6 Å². The molecule has 1 aromatic carbocycles. The largest absolute Gasteiger partial charge is 0.207 e. The monoisotopic (exact) mass is 236 g/mol. The fraction of sp³-hybridized carbons (Fsp3) is 0.143. The highest BCUT2D eigenvalue weighted by atomic mass is 127. The van der Waals surface area contributed by atoms with Gasteiger partial charge in [-0.15, -0.1) is 0 Å². The van der Waals surface area contributed by atoms with Crippen LogP contribution in [0.2, 0.25) is 0 Å². The van der Waals surface area contributed by atoms with Gasteiger partial charge in [0.15, 0.2) is 0 Å². The molecule has 0 heterocycles. The summed E-state index contributed by atoms with van der Waals surface area (Å²) in [7, 11) is 0. The Hall–Kier alpha value is -0.120. The van der Waals surface area contributed by atoms with Crippen LogP contribution in [-0.2, 0) is 4.43 Å². The first-order chi connectivity index (χ1) is 4.34. The molecule has 0 aliphatic carbocycles. The zero-order chi connectivity index (χ0) is 6.69. The lowest BCUT2D eigenvalue weighted by Crippen LogP contribution is -1.81. The molecular weight excluding hydrogens is 230 g/mol. The highest BCUT2D eigenvalue weighted by Crippen LogP contribution is 2.09. The van der Waals surface area contributed by atoms with Crippen molar-refractivity contribution in [2.24, 2.45) is 0 Å². The maximum Gasteiger partial charge on any atom is 0.127 e. The lowest BCUT2D eigenvalue weighted by Gasteiger charge is -1.93. The van der Waals surface area contributed by atoms with E-state index in [9.17, 15) is 4.39 Å². The molecule has 0 saturated carbocycles. The van der Waals surface area contributed by atoms with Gasteiger partial charge in [-0.2, -0.15) is 0 Å². The number of hydrogen-bond donors (Lipinski definition) is 0. The van der Waals surface area contributed by atoms with E-state index in [1.807, 2.05) is 6.07 Å². The smallest absolute Gasteiger partial charge is 0.127 e. The summed E-state index contributed by atoms with van der Waals surface area (Å²) in [6.45, 7) is 0. The molecule has 1 aromatic rings. The summed E-state index contributed by atoms with van der Waals surface area (Å²) < 4.78 is 13.3. The first-order valence-electron chi connectivity index (χ1n) is 2.64. The quantitative estimate of drug-likeness (QED) is 0.519. The van der Waals surface area contributed by atoms with E-state index in [-0.39, 0.29) is 5.82 Å².